The molecule has 3 saturated carbocycles. The predicted octanol–water partition coefficient (Wildman–Crippen LogP) is 4.30. The molecule has 1 unspecified atom stereocenters. The van der Waals surface area contributed by atoms with Gasteiger partial charge in [-0.05, 0) is 74.1 Å². The van der Waals surface area contributed by atoms with E-state index in [1.165, 1.54) is 17.8 Å². The summed E-state index contributed by atoms with van der Waals surface area (Å²) in [5.41, 5.74) is -0.136. The molecule has 8 rings (SSSR count). The molecule has 2 aromatic rings. The first-order valence-corrected chi connectivity index (χ1v) is 18.6. The predicted molar refractivity (Wildman–Crippen MR) is 186 cm³/mol. The summed E-state index contributed by atoms with van der Waals surface area (Å²) in [5, 5.41) is 28.3. The zero-order valence-electron chi connectivity index (χ0n) is 28.6. The number of likely N-dealkylation sites (N-methyl/N-ethyl adjacent to an activating group) is 1. The van der Waals surface area contributed by atoms with Crippen LogP contribution >= 0.6 is 11.8 Å². The highest BCUT2D eigenvalue weighted by Gasteiger charge is 2.87. The summed E-state index contributed by atoms with van der Waals surface area (Å²) in [6, 6.07) is 8.94. The Morgan fingerprint density at radius 3 is 2.69 bits per heavy atom. The van der Waals surface area contributed by atoms with Crippen molar-refractivity contribution in [2.45, 2.75) is 92.0 Å². The molecule has 0 radical (unpaired) electrons. The number of hydrogen-bond donors (Lipinski definition) is 3. The summed E-state index contributed by atoms with van der Waals surface area (Å²) in [4.78, 5) is 32.8. The van der Waals surface area contributed by atoms with Crippen LogP contribution in [0.4, 0.5) is 5.69 Å². The molecule has 1 amide bonds. The molecule has 7 bridgehead atoms. The number of ether oxygens (including phenoxy) is 3. The molecule has 3 saturated heterocycles. The number of methoxy groups -OCH3 is 2. The number of aliphatic hydroxyl groups is 2. The summed E-state index contributed by atoms with van der Waals surface area (Å²) in [5.74, 6) is -1.44. The second-order valence-electron chi connectivity index (χ2n) is 15.0. The lowest BCUT2D eigenvalue weighted by Crippen LogP contribution is -2.80. The highest BCUT2D eigenvalue weighted by atomic mass is 32.2. The number of nitrogens with zero attached hydrogens (tertiary/aromatic N) is 2. The minimum absolute atomic E-state index is 0.0172. The number of piperidine rings is 1. The molecular weight excluding hydrogens is 642 g/mol. The fraction of sp³-hybridized carbons (Fsp3) is 0.605. The summed E-state index contributed by atoms with van der Waals surface area (Å²) in [6.45, 7) is 5.44. The van der Waals surface area contributed by atoms with Gasteiger partial charge in [0.15, 0.2) is 0 Å². The first kappa shape index (κ1) is 33.3. The van der Waals surface area contributed by atoms with Crippen molar-refractivity contribution >= 4 is 35.4 Å². The molecule has 3 aliphatic heterocycles. The van der Waals surface area contributed by atoms with Gasteiger partial charge in [0.2, 0.25) is 5.91 Å². The van der Waals surface area contributed by atoms with Crippen molar-refractivity contribution in [1.29, 1.82) is 0 Å². The van der Waals surface area contributed by atoms with Gasteiger partial charge >= 0.3 is 5.97 Å². The number of amides is 1. The van der Waals surface area contributed by atoms with Crippen molar-refractivity contribution in [3.8, 4) is 0 Å². The molecule has 11 atom stereocenters. The summed E-state index contributed by atoms with van der Waals surface area (Å²) < 4.78 is 19.1. The number of aryl methyl sites for hydroxylation is 1. The molecular formula is C38H47N3O7S. The molecule has 11 heteroatoms. The number of nitrogens with one attached hydrogen (secondary N) is 1. The smallest absolute Gasteiger partial charge is 0.340 e. The molecule has 1 aromatic carbocycles. The minimum atomic E-state index is -1.34. The highest BCUT2D eigenvalue weighted by Crippen LogP contribution is 2.80. The molecule has 3 N–H and O–H groups in total. The van der Waals surface area contributed by atoms with E-state index in [4.69, 9.17) is 14.2 Å². The van der Waals surface area contributed by atoms with Crippen LogP contribution in [0.15, 0.2) is 48.8 Å². The van der Waals surface area contributed by atoms with Crippen LogP contribution in [0.1, 0.15) is 67.4 Å². The van der Waals surface area contributed by atoms with Crippen molar-refractivity contribution in [1.82, 2.24) is 9.88 Å². The van der Waals surface area contributed by atoms with Gasteiger partial charge < -0.3 is 29.7 Å². The third-order valence-corrected chi connectivity index (χ3v) is 15.1. The monoisotopic (exact) mass is 689 g/mol. The number of para-hydroxylation sites is 1. The summed E-state index contributed by atoms with van der Waals surface area (Å²) in [6.07, 6.45) is 10.3. The quantitative estimate of drug-likeness (QED) is 0.259. The number of esters is 1. The lowest BCUT2D eigenvalue weighted by atomic mass is 9.46. The standard InChI is InChI=1S/C38H47N3O7S/c1-5-22-15-23(20-39-19-22)11-12-32(42)40-26-10-8-7-9-24(26)34(43)48-35-14-13-31(47-4)37-29(35)16-25(33(37)41(6-2)21-35)36(44)18-27(46-3)28-17-30(37)38(36,45)49-28/h7-12,15,19-20,25,27-31,33,44-45H,5-6,13-14,16-18,21H2,1-4H3,(H,40,42)/b12-11+/t25-,27+,28-,29-,30+,31+,33?,35-,36+,37+,38+/m1/s1. The second kappa shape index (κ2) is 11.9. The Balaban J connectivity index is 1.12. The van der Waals surface area contributed by atoms with Crippen molar-refractivity contribution in [2.24, 2.45) is 23.2 Å². The summed E-state index contributed by atoms with van der Waals surface area (Å²) in [7, 11) is 3.47. The van der Waals surface area contributed by atoms with Gasteiger partial charge in [-0.15, -0.1) is 11.8 Å². The van der Waals surface area contributed by atoms with Gasteiger partial charge in [0.1, 0.15) is 16.1 Å². The SMILES string of the molecule is CCc1cncc(/C=C/C(=O)Nc2ccccc2C(=O)O[C@@]23CC[C@H](OC)[C@]45C([C@@H](C[C@H]24)[C@@]2(O)C[C@H](OC)[C@H]4C[C@@H]5[C@]2(O)S4)N(CC)C3)c1. The Morgan fingerprint density at radius 2 is 1.94 bits per heavy atom. The number of pyridine rings is 1. The van der Waals surface area contributed by atoms with Crippen LogP contribution in [0.25, 0.3) is 6.08 Å². The first-order chi connectivity index (χ1) is 23.6. The zero-order valence-corrected chi connectivity index (χ0v) is 29.4. The second-order valence-corrected chi connectivity index (χ2v) is 16.5. The molecule has 262 valence electrons. The lowest BCUT2D eigenvalue weighted by Gasteiger charge is -2.69. The van der Waals surface area contributed by atoms with Crippen molar-refractivity contribution in [3.05, 3.63) is 65.5 Å². The fourth-order valence-electron chi connectivity index (χ4n) is 11.5. The van der Waals surface area contributed by atoms with E-state index in [0.29, 0.717) is 50.9 Å². The van der Waals surface area contributed by atoms with Gasteiger partial charge in [0.25, 0.3) is 0 Å². The van der Waals surface area contributed by atoms with Crippen LogP contribution in [-0.2, 0) is 25.4 Å². The van der Waals surface area contributed by atoms with E-state index in [2.05, 4.69) is 29.0 Å². The number of likely N-dealkylation sites (tertiary alicyclic amines) is 1. The van der Waals surface area contributed by atoms with Gasteiger partial charge in [0, 0.05) is 80.1 Å². The number of carbonyl (C=O) groups excluding carboxylic acids is 2. The minimum Gasteiger partial charge on any atom is -0.454 e. The van der Waals surface area contributed by atoms with Gasteiger partial charge in [-0.2, -0.15) is 0 Å². The van der Waals surface area contributed by atoms with Crippen molar-refractivity contribution in [2.75, 3.05) is 32.6 Å². The average molecular weight is 690 g/mol. The van der Waals surface area contributed by atoms with E-state index in [9.17, 15) is 19.8 Å². The van der Waals surface area contributed by atoms with Crippen LogP contribution < -0.4 is 5.32 Å². The Morgan fingerprint density at radius 1 is 1.12 bits per heavy atom. The molecule has 49 heavy (non-hydrogen) atoms. The first-order valence-electron chi connectivity index (χ1n) is 17.8. The molecule has 6 aliphatic rings. The van der Waals surface area contributed by atoms with Gasteiger partial charge in [-0.1, -0.05) is 26.0 Å². The maximum absolute atomic E-state index is 14.4. The van der Waals surface area contributed by atoms with Crippen molar-refractivity contribution in [3.63, 3.8) is 0 Å². The maximum Gasteiger partial charge on any atom is 0.340 e. The van der Waals surface area contributed by atoms with Gasteiger partial charge in [0.05, 0.1) is 23.5 Å². The largest absolute Gasteiger partial charge is 0.454 e. The molecule has 4 heterocycles. The third-order valence-electron chi connectivity index (χ3n) is 13.3. The molecule has 1 aromatic heterocycles. The molecule has 3 aliphatic carbocycles. The highest BCUT2D eigenvalue weighted by molar-refractivity contribution is 8.01. The Bertz CT molecular complexity index is 1690. The van der Waals surface area contributed by atoms with Crippen LogP contribution in [0.5, 0.6) is 0 Å². The fourth-order valence-corrected chi connectivity index (χ4v) is 13.5. The number of hydrogen-bond acceptors (Lipinski definition) is 10. The van der Waals surface area contributed by atoms with E-state index in [-0.39, 0.29) is 52.7 Å². The van der Waals surface area contributed by atoms with Crippen LogP contribution in [0.2, 0.25) is 0 Å². The Labute approximate surface area is 292 Å². The third kappa shape index (κ3) is 4.55. The van der Waals surface area contributed by atoms with Crippen molar-refractivity contribution < 1.29 is 34.0 Å². The number of fused-ring (bicyclic) bond motifs is 2. The zero-order chi connectivity index (χ0) is 34.3. The van der Waals surface area contributed by atoms with Crippen LogP contribution in [-0.4, -0.2) is 98.9 Å². The van der Waals surface area contributed by atoms with E-state index >= 15 is 0 Å². The number of thioether (sulfide) groups is 1. The average Bonchev–Trinajstić information content (AvgIpc) is 3.58. The van der Waals surface area contributed by atoms with Crippen LogP contribution in [0.3, 0.4) is 0 Å². The number of benzene rings is 1. The topological polar surface area (TPSA) is 130 Å². The van der Waals surface area contributed by atoms with E-state index in [1.54, 1.807) is 50.8 Å². The molecule has 1 spiro atoms. The van der Waals surface area contributed by atoms with Crippen LogP contribution in [0, 0.1) is 23.2 Å². The van der Waals surface area contributed by atoms with Gasteiger partial charge in [-0.25, -0.2) is 4.79 Å². The lowest BCUT2D eigenvalue weighted by molar-refractivity contribution is -0.294. The Hall–Kier alpha value is -2.80. The number of rotatable bonds is 9. The van der Waals surface area contributed by atoms with E-state index < -0.39 is 27.5 Å². The number of aromatic nitrogens is 1. The molecule has 6 fully saturated rings. The van der Waals surface area contributed by atoms with E-state index in [1.807, 2.05) is 12.3 Å². The molecule has 10 nitrogen and oxygen atoms in total. The number of anilines is 1. The maximum atomic E-state index is 14.4. The normalized spacial score (nSPS) is 41.6. The van der Waals surface area contributed by atoms with E-state index in [0.717, 1.165) is 17.5 Å². The Kier molecular flexibility index (Phi) is 8.09. The number of carbonyl (C=O) groups is 2. The summed E-state index contributed by atoms with van der Waals surface area (Å²) >= 11 is 1.50. The van der Waals surface area contributed by atoms with Gasteiger partial charge in [-0.3, -0.25) is 14.7 Å².